The van der Waals surface area contributed by atoms with E-state index in [9.17, 15) is 0 Å². The predicted octanol–water partition coefficient (Wildman–Crippen LogP) is 5.05. The standard InChI is InChI=1S/C14H28/c1-5-9-13(10-6-2)14(11-7-3)12-8-4/h13-14H,1,3,5-12H2,2,4H3. The molecule has 0 heterocycles. The van der Waals surface area contributed by atoms with Gasteiger partial charge in [-0.2, -0.15) is 0 Å². The zero-order chi connectivity index (χ0) is 10.8. The Morgan fingerprint density at radius 1 is 0.714 bits per heavy atom. The smallest absolute Gasteiger partial charge is 0.0386 e. The van der Waals surface area contributed by atoms with Gasteiger partial charge in [0.2, 0.25) is 0 Å². The number of hydrogen-bond acceptors (Lipinski definition) is 0. The van der Waals surface area contributed by atoms with Gasteiger partial charge in [-0.05, 0) is 11.8 Å². The summed E-state index contributed by atoms with van der Waals surface area (Å²) >= 11 is 0. The van der Waals surface area contributed by atoms with Gasteiger partial charge in [0.25, 0.3) is 0 Å². The number of rotatable bonds is 9. The fourth-order valence-corrected chi connectivity index (χ4v) is 2.50. The molecule has 2 radical (unpaired) electrons. The molecule has 14 heavy (non-hydrogen) atoms. The van der Waals surface area contributed by atoms with Crippen LogP contribution in [0, 0.1) is 25.7 Å². The molecule has 0 aromatic carbocycles. The van der Waals surface area contributed by atoms with Gasteiger partial charge in [0.15, 0.2) is 0 Å². The average molecular weight is 196 g/mol. The molecule has 2 unspecified atom stereocenters. The third-order valence-corrected chi connectivity index (χ3v) is 3.14. The number of hydrogen-bond donors (Lipinski definition) is 0. The molecule has 0 saturated heterocycles. The quantitative estimate of drug-likeness (QED) is 0.484. The lowest BCUT2D eigenvalue weighted by Gasteiger charge is -2.26. The lowest BCUT2D eigenvalue weighted by Crippen LogP contribution is -2.14. The first-order valence-electron chi connectivity index (χ1n) is 6.38. The molecule has 0 spiro atoms. The molecule has 0 bridgehead atoms. The molecule has 0 fully saturated rings. The Morgan fingerprint density at radius 2 is 1.07 bits per heavy atom. The maximum absolute atomic E-state index is 3.99. The van der Waals surface area contributed by atoms with Gasteiger partial charge >= 0.3 is 0 Å². The summed E-state index contributed by atoms with van der Waals surface area (Å²) in [6, 6.07) is 0. The lowest BCUT2D eigenvalue weighted by molar-refractivity contribution is 0.260. The maximum Gasteiger partial charge on any atom is -0.0386 e. The summed E-state index contributed by atoms with van der Waals surface area (Å²) in [5, 5.41) is 0. The molecule has 0 aromatic rings. The molecule has 0 heteroatoms. The molecule has 0 rings (SSSR count). The third kappa shape index (κ3) is 5.67. The molecule has 0 nitrogen and oxygen atoms in total. The van der Waals surface area contributed by atoms with Crippen molar-refractivity contribution < 1.29 is 0 Å². The highest BCUT2D eigenvalue weighted by molar-refractivity contribution is 4.71. The Kier molecular flexibility index (Phi) is 9.55. The first-order valence-corrected chi connectivity index (χ1v) is 6.38. The Balaban J connectivity index is 4.06. The van der Waals surface area contributed by atoms with Crippen molar-refractivity contribution >= 4 is 0 Å². The van der Waals surface area contributed by atoms with Crippen LogP contribution >= 0.6 is 0 Å². The van der Waals surface area contributed by atoms with Crippen molar-refractivity contribution in [2.24, 2.45) is 11.8 Å². The van der Waals surface area contributed by atoms with Crippen molar-refractivity contribution in [3.05, 3.63) is 13.8 Å². The Hall–Kier alpha value is 0. The second-order valence-corrected chi connectivity index (χ2v) is 4.38. The highest BCUT2D eigenvalue weighted by Crippen LogP contribution is 2.30. The summed E-state index contributed by atoms with van der Waals surface area (Å²) in [6.07, 6.45) is 10.3. The van der Waals surface area contributed by atoms with Crippen LogP contribution < -0.4 is 0 Å². The third-order valence-electron chi connectivity index (χ3n) is 3.14. The molecule has 0 saturated carbocycles. The molecule has 0 aliphatic carbocycles. The zero-order valence-corrected chi connectivity index (χ0v) is 10.2. The van der Waals surface area contributed by atoms with Crippen LogP contribution in [0.25, 0.3) is 0 Å². The van der Waals surface area contributed by atoms with E-state index in [0.717, 1.165) is 24.7 Å². The van der Waals surface area contributed by atoms with Crippen molar-refractivity contribution in [1.29, 1.82) is 0 Å². The van der Waals surface area contributed by atoms with Gasteiger partial charge in [-0.15, -0.1) is 0 Å². The highest BCUT2D eigenvalue weighted by atomic mass is 14.2. The second-order valence-electron chi connectivity index (χ2n) is 4.38. The molecule has 84 valence electrons. The maximum atomic E-state index is 3.99. The van der Waals surface area contributed by atoms with Gasteiger partial charge in [-0.1, -0.05) is 79.1 Å². The van der Waals surface area contributed by atoms with E-state index in [4.69, 9.17) is 0 Å². The van der Waals surface area contributed by atoms with E-state index in [1.165, 1.54) is 38.5 Å². The van der Waals surface area contributed by atoms with E-state index in [0.29, 0.717) is 0 Å². The zero-order valence-electron chi connectivity index (χ0n) is 10.2. The van der Waals surface area contributed by atoms with E-state index in [2.05, 4.69) is 27.7 Å². The van der Waals surface area contributed by atoms with Crippen LogP contribution in [0.1, 0.15) is 65.2 Å². The Morgan fingerprint density at radius 3 is 1.29 bits per heavy atom. The molecule has 2 atom stereocenters. The van der Waals surface area contributed by atoms with E-state index >= 15 is 0 Å². The van der Waals surface area contributed by atoms with Crippen LogP contribution in [0.3, 0.4) is 0 Å². The summed E-state index contributed by atoms with van der Waals surface area (Å²) in [5.74, 6) is 1.83. The highest BCUT2D eigenvalue weighted by Gasteiger charge is 2.18. The minimum absolute atomic E-state index is 0.916. The van der Waals surface area contributed by atoms with E-state index < -0.39 is 0 Å². The minimum Gasteiger partial charge on any atom is -0.0654 e. The van der Waals surface area contributed by atoms with Crippen LogP contribution in [0.5, 0.6) is 0 Å². The predicted molar refractivity (Wildman–Crippen MR) is 66.0 cm³/mol. The SMILES string of the molecule is [CH2]CCC(CCC)C(CC[CH2])CCC. The molecule has 0 N–H and O–H groups in total. The summed E-state index contributed by atoms with van der Waals surface area (Å²) in [7, 11) is 0. The van der Waals surface area contributed by atoms with Crippen LogP contribution in [-0.4, -0.2) is 0 Å². The molecule has 0 aliphatic rings. The molecule has 0 amide bonds. The van der Waals surface area contributed by atoms with Gasteiger partial charge in [-0.25, -0.2) is 0 Å². The van der Waals surface area contributed by atoms with Crippen LogP contribution in [0.4, 0.5) is 0 Å². The molecular formula is C14H28. The van der Waals surface area contributed by atoms with Gasteiger partial charge in [0.05, 0.1) is 0 Å². The van der Waals surface area contributed by atoms with Crippen molar-refractivity contribution in [3.8, 4) is 0 Å². The van der Waals surface area contributed by atoms with Crippen LogP contribution in [0.15, 0.2) is 0 Å². The lowest BCUT2D eigenvalue weighted by atomic mass is 9.80. The summed E-state index contributed by atoms with van der Waals surface area (Å²) in [5.41, 5.74) is 0. The first-order chi connectivity index (χ1) is 6.79. The summed E-state index contributed by atoms with van der Waals surface area (Å²) in [6.45, 7) is 12.6. The normalized spacial score (nSPS) is 11.6. The molecule has 0 aromatic heterocycles. The van der Waals surface area contributed by atoms with Crippen molar-refractivity contribution in [2.45, 2.75) is 65.2 Å². The summed E-state index contributed by atoms with van der Waals surface area (Å²) in [4.78, 5) is 0. The Labute approximate surface area is 91.5 Å². The minimum atomic E-state index is 0.916. The average Bonchev–Trinajstić information content (AvgIpc) is 2.17. The largest absolute Gasteiger partial charge is 0.0654 e. The van der Waals surface area contributed by atoms with E-state index in [1.54, 1.807) is 0 Å². The monoisotopic (exact) mass is 196 g/mol. The van der Waals surface area contributed by atoms with Crippen molar-refractivity contribution in [2.75, 3.05) is 0 Å². The Bertz CT molecular complexity index is 80.6. The second kappa shape index (κ2) is 9.55. The van der Waals surface area contributed by atoms with Crippen LogP contribution in [-0.2, 0) is 0 Å². The van der Waals surface area contributed by atoms with Crippen molar-refractivity contribution in [3.63, 3.8) is 0 Å². The topological polar surface area (TPSA) is 0 Å². The molecule has 0 aliphatic heterocycles. The van der Waals surface area contributed by atoms with Gasteiger partial charge in [-0.3, -0.25) is 0 Å². The molecular weight excluding hydrogens is 168 g/mol. The van der Waals surface area contributed by atoms with E-state index in [1.807, 2.05) is 0 Å². The van der Waals surface area contributed by atoms with Crippen molar-refractivity contribution in [1.82, 2.24) is 0 Å². The van der Waals surface area contributed by atoms with Gasteiger partial charge < -0.3 is 0 Å². The summed E-state index contributed by atoms with van der Waals surface area (Å²) < 4.78 is 0. The van der Waals surface area contributed by atoms with E-state index in [-0.39, 0.29) is 0 Å². The van der Waals surface area contributed by atoms with Crippen LogP contribution in [0.2, 0.25) is 0 Å². The van der Waals surface area contributed by atoms with Gasteiger partial charge in [0.1, 0.15) is 0 Å². The fraction of sp³-hybridized carbons (Fsp3) is 0.857. The fourth-order valence-electron chi connectivity index (χ4n) is 2.50. The van der Waals surface area contributed by atoms with Gasteiger partial charge in [0, 0.05) is 0 Å². The first kappa shape index (κ1) is 14.0.